The fraction of sp³-hybridized carbons (Fsp3) is 0.333. The molecule has 0 bridgehead atoms. The topological polar surface area (TPSA) is 90.1 Å². The Balaban J connectivity index is -0.000000765. The molecule has 0 spiro atoms. The molecule has 1 aromatic heterocycles. The summed E-state index contributed by atoms with van der Waals surface area (Å²) in [6.07, 6.45) is -8.73. The SMILES string of the molecule is O=C(NCCc1ncc(C(F)(F)F)cc1Cl)c1ccccc1C(F)(F)F.S=C([S-])NCCNC(=S)[S-].S=C([S-])NCCNC(=S)[S-].[Mn+2].[Zn+2]. The number of alkyl halides is 6. The number of aromatic nitrogens is 1. The molecule has 261 valence electrons. The Morgan fingerprint density at radius 3 is 1.50 bits per heavy atom. The smallest absolute Gasteiger partial charge is 0.412 e. The molecule has 2 rings (SSSR count). The van der Waals surface area contributed by atoms with Crippen molar-refractivity contribution < 1.29 is 67.7 Å². The van der Waals surface area contributed by atoms with Crippen molar-refractivity contribution in [3.63, 3.8) is 0 Å². The van der Waals surface area contributed by atoms with E-state index < -0.39 is 35.0 Å². The van der Waals surface area contributed by atoms with Crippen LogP contribution in [0.2, 0.25) is 5.02 Å². The summed E-state index contributed by atoms with van der Waals surface area (Å²) in [7, 11) is 0. The van der Waals surface area contributed by atoms with E-state index in [-0.39, 0.29) is 60.2 Å². The standard InChI is InChI=1S/C16H11ClF6N2O.2C4H8N2S4.Mn.Zn/c17-12-7-9(15(18,19)20)8-25-13(12)5-6-24-14(26)10-3-1-2-4-11(10)16(21,22)23;2*7-3(8)5-1-2-6-4(9)10;;/h1-4,7-8H,5-6H2,(H,24,26);2*1-2H2,(H2,5,7,8)(H2,6,9,10);;/q;;;2*+2/p-4. The molecule has 0 aliphatic rings. The number of carbonyl (C=O) groups excluding carboxylic acids is 1. The fourth-order valence-corrected chi connectivity index (χ4v) is 3.86. The fourth-order valence-electron chi connectivity index (χ4n) is 2.78. The molecular formula is C24H23ClF6MnN6OS8Zn. The zero-order valence-electron chi connectivity index (χ0n) is 24.1. The summed E-state index contributed by atoms with van der Waals surface area (Å²) in [5.74, 6) is -0.957. The van der Waals surface area contributed by atoms with Crippen molar-refractivity contribution in [3.8, 4) is 0 Å². The maximum Gasteiger partial charge on any atom is 2.00 e. The molecule has 1 amide bonds. The third kappa shape index (κ3) is 25.3. The number of benzene rings is 1. The van der Waals surface area contributed by atoms with Gasteiger partial charge in [-0.3, -0.25) is 9.78 Å². The number of hydrogen-bond acceptors (Lipinski definition) is 10. The largest absolute Gasteiger partial charge is 2.00 e. The van der Waals surface area contributed by atoms with Gasteiger partial charge in [0.2, 0.25) is 0 Å². The normalized spacial score (nSPS) is 10.1. The van der Waals surface area contributed by atoms with E-state index in [1.807, 2.05) is 0 Å². The van der Waals surface area contributed by atoms with E-state index in [2.05, 4.69) is 131 Å². The first-order valence-corrected chi connectivity index (χ1v) is 15.9. The van der Waals surface area contributed by atoms with E-state index >= 15 is 0 Å². The second kappa shape index (κ2) is 27.0. The second-order valence-electron chi connectivity index (χ2n) is 8.06. The number of nitrogens with zero attached hydrogens (tertiary/aromatic N) is 1. The molecule has 0 atom stereocenters. The van der Waals surface area contributed by atoms with Gasteiger partial charge in [-0.1, -0.05) is 41.0 Å². The van der Waals surface area contributed by atoms with Crippen molar-refractivity contribution >= 4 is 134 Å². The Hall–Kier alpha value is -0.707. The molecule has 0 aliphatic carbocycles. The Labute approximate surface area is 345 Å². The van der Waals surface area contributed by atoms with Gasteiger partial charge in [-0.2, -0.15) is 26.3 Å². The molecule has 48 heavy (non-hydrogen) atoms. The van der Waals surface area contributed by atoms with Crippen LogP contribution < -0.4 is 26.6 Å². The van der Waals surface area contributed by atoms with Gasteiger partial charge < -0.3 is 126 Å². The number of pyridine rings is 1. The summed E-state index contributed by atoms with van der Waals surface area (Å²) in [6, 6.07) is 4.96. The molecule has 0 fully saturated rings. The van der Waals surface area contributed by atoms with E-state index in [1.165, 1.54) is 6.07 Å². The summed E-state index contributed by atoms with van der Waals surface area (Å²) in [5, 5.41) is 13.1. The maximum absolute atomic E-state index is 12.9. The Morgan fingerprint density at radius 1 is 0.729 bits per heavy atom. The first kappa shape index (κ1) is 51.7. The van der Waals surface area contributed by atoms with Gasteiger partial charge in [0.05, 0.1) is 27.4 Å². The average Bonchev–Trinajstić information content (AvgIpc) is 2.93. The quantitative estimate of drug-likeness (QED) is 0.0768. The van der Waals surface area contributed by atoms with E-state index in [4.69, 9.17) is 11.6 Å². The van der Waals surface area contributed by atoms with Gasteiger partial charge >= 0.3 is 48.9 Å². The van der Waals surface area contributed by atoms with Crippen molar-refractivity contribution in [1.29, 1.82) is 0 Å². The number of amides is 1. The molecule has 0 aliphatic heterocycles. The third-order valence-electron chi connectivity index (χ3n) is 4.70. The molecule has 1 heterocycles. The molecule has 1 radical (unpaired) electrons. The van der Waals surface area contributed by atoms with Crippen LogP contribution in [0.4, 0.5) is 26.3 Å². The molecule has 0 saturated heterocycles. The zero-order chi connectivity index (χ0) is 35.5. The van der Waals surface area contributed by atoms with E-state index in [1.54, 1.807) is 0 Å². The summed E-state index contributed by atoms with van der Waals surface area (Å²) in [5.41, 5.74) is -2.56. The van der Waals surface area contributed by atoms with Crippen LogP contribution in [0.15, 0.2) is 36.5 Å². The minimum absolute atomic E-state index is 0. The van der Waals surface area contributed by atoms with Crippen molar-refractivity contribution in [2.45, 2.75) is 18.8 Å². The third-order valence-corrected chi connectivity index (χ3v) is 6.18. The van der Waals surface area contributed by atoms with Crippen LogP contribution >= 0.6 is 60.5 Å². The van der Waals surface area contributed by atoms with Crippen LogP contribution in [0.1, 0.15) is 27.2 Å². The van der Waals surface area contributed by atoms with E-state index in [0.29, 0.717) is 55.7 Å². The van der Waals surface area contributed by atoms with E-state index in [9.17, 15) is 31.1 Å². The zero-order valence-corrected chi connectivity index (χ0v) is 35.5. The summed E-state index contributed by atoms with van der Waals surface area (Å²) in [4.78, 5) is 15.5. The minimum atomic E-state index is -4.69. The number of nitrogens with one attached hydrogen (secondary N) is 5. The number of thiocarbonyl (C=S) groups is 4. The van der Waals surface area contributed by atoms with Crippen LogP contribution in [-0.4, -0.2) is 60.9 Å². The van der Waals surface area contributed by atoms with Crippen LogP contribution in [0, 0.1) is 0 Å². The predicted molar refractivity (Wildman–Crippen MR) is 194 cm³/mol. The Kier molecular flexibility index (Phi) is 29.1. The van der Waals surface area contributed by atoms with Crippen molar-refractivity contribution in [1.82, 2.24) is 31.6 Å². The number of carbonyl (C=O) groups is 1. The molecule has 5 N–H and O–H groups in total. The summed E-state index contributed by atoms with van der Waals surface area (Å²) < 4.78 is 77.7. The molecule has 0 unspecified atom stereocenters. The van der Waals surface area contributed by atoms with Gasteiger partial charge in [-0.05, 0) is 18.2 Å². The molecule has 2 aromatic rings. The summed E-state index contributed by atoms with van der Waals surface area (Å²) >= 11 is 42.5. The van der Waals surface area contributed by atoms with Crippen LogP contribution in [-0.2, 0) is 106 Å². The molecular weight excluding hydrogens is 915 g/mol. The predicted octanol–water partition coefficient (Wildman–Crippen LogP) is 4.40. The van der Waals surface area contributed by atoms with Crippen LogP contribution in [0.5, 0.6) is 0 Å². The monoisotopic (exact) mass is 935 g/mol. The molecule has 1 aromatic carbocycles. The van der Waals surface area contributed by atoms with Crippen LogP contribution in [0.3, 0.4) is 0 Å². The summed E-state index contributed by atoms with van der Waals surface area (Å²) in [6.45, 7) is 2.51. The number of halogens is 7. The van der Waals surface area contributed by atoms with Gasteiger partial charge in [0.25, 0.3) is 5.91 Å². The number of hydrogen-bond donors (Lipinski definition) is 5. The van der Waals surface area contributed by atoms with Crippen molar-refractivity contribution in [2.75, 3.05) is 32.7 Å². The molecule has 0 saturated carbocycles. The first-order chi connectivity index (χ1) is 21.2. The van der Waals surface area contributed by atoms with Crippen LogP contribution in [0.25, 0.3) is 0 Å². The maximum atomic E-state index is 12.9. The van der Waals surface area contributed by atoms with Crippen molar-refractivity contribution in [3.05, 3.63) is 63.9 Å². The molecule has 24 heteroatoms. The number of rotatable bonds is 10. The van der Waals surface area contributed by atoms with Gasteiger partial charge in [0.1, 0.15) is 0 Å². The van der Waals surface area contributed by atoms with Gasteiger partial charge in [0.15, 0.2) is 0 Å². The second-order valence-corrected chi connectivity index (χ2v) is 12.8. The molecule has 7 nitrogen and oxygen atoms in total. The Morgan fingerprint density at radius 2 is 1.15 bits per heavy atom. The first-order valence-electron chi connectivity index (χ1n) is 12.2. The Bertz CT molecular complexity index is 1290. The van der Waals surface area contributed by atoms with E-state index in [0.717, 1.165) is 18.2 Å². The van der Waals surface area contributed by atoms with Crippen molar-refractivity contribution in [2.24, 2.45) is 0 Å². The van der Waals surface area contributed by atoms with Gasteiger partial charge in [-0.15, -0.1) is 0 Å². The minimum Gasteiger partial charge on any atom is -0.412 e. The van der Waals surface area contributed by atoms with Gasteiger partial charge in [0, 0.05) is 45.3 Å². The van der Waals surface area contributed by atoms with Gasteiger partial charge in [-0.25, -0.2) is 0 Å². The average molecular weight is 938 g/mol.